The number of hydrogen-bond donors (Lipinski definition) is 0. The third kappa shape index (κ3) is 3.57. The third-order valence-corrected chi connectivity index (χ3v) is 4.19. The fraction of sp³-hybridized carbons (Fsp3) is 0.471. The van der Waals surface area contributed by atoms with Gasteiger partial charge in [-0.25, -0.2) is 14.1 Å². The van der Waals surface area contributed by atoms with Crippen molar-refractivity contribution in [2.45, 2.75) is 40.7 Å². The normalized spacial score (nSPS) is 13.0. The summed E-state index contributed by atoms with van der Waals surface area (Å²) in [5.74, 6) is 0.181. The Morgan fingerprint density at radius 1 is 1.26 bits per heavy atom. The molecule has 1 aromatic heterocycles. The maximum atomic E-state index is 13.0. The number of benzene rings is 1. The molecule has 6 heteroatoms. The molecule has 0 saturated carbocycles. The first-order valence-corrected chi connectivity index (χ1v) is 7.58. The Morgan fingerprint density at radius 3 is 2.35 bits per heavy atom. The van der Waals surface area contributed by atoms with Crippen LogP contribution in [0.3, 0.4) is 0 Å². The van der Waals surface area contributed by atoms with E-state index in [-0.39, 0.29) is 29.0 Å². The number of carbonyl (C=O) groups is 1. The highest BCUT2D eigenvalue weighted by molar-refractivity contribution is 5.90. The van der Waals surface area contributed by atoms with Gasteiger partial charge in [-0.1, -0.05) is 20.8 Å². The summed E-state index contributed by atoms with van der Waals surface area (Å²) in [5, 5.41) is 4.29. The molecule has 2 rings (SSSR count). The maximum Gasteiger partial charge on any atom is 0.293 e. The van der Waals surface area contributed by atoms with E-state index in [9.17, 15) is 9.18 Å². The van der Waals surface area contributed by atoms with E-state index in [0.717, 1.165) is 0 Å². The number of amides is 1. The van der Waals surface area contributed by atoms with E-state index < -0.39 is 0 Å². The molecule has 0 bridgehead atoms. The van der Waals surface area contributed by atoms with Crippen molar-refractivity contribution in [3.05, 3.63) is 41.7 Å². The SMILES string of the molecule is Cc1nc(C(=O)N(C)C(C)C(C)(C)C)nn1-c1ccc(F)cc1. The summed E-state index contributed by atoms with van der Waals surface area (Å²) in [6.45, 7) is 10.0. The topological polar surface area (TPSA) is 51.0 Å². The molecule has 0 fully saturated rings. The molecule has 0 N–H and O–H groups in total. The van der Waals surface area contributed by atoms with E-state index in [0.29, 0.717) is 11.5 Å². The van der Waals surface area contributed by atoms with Crippen molar-refractivity contribution in [1.82, 2.24) is 19.7 Å². The van der Waals surface area contributed by atoms with Gasteiger partial charge in [-0.05, 0) is 43.5 Å². The lowest BCUT2D eigenvalue weighted by Crippen LogP contribution is -2.43. The minimum absolute atomic E-state index is 0.0353. The molecule has 124 valence electrons. The second-order valence-electron chi connectivity index (χ2n) is 6.83. The van der Waals surface area contributed by atoms with Crippen LogP contribution in [0.25, 0.3) is 5.69 Å². The van der Waals surface area contributed by atoms with Crippen LogP contribution in [-0.4, -0.2) is 38.7 Å². The summed E-state index contributed by atoms with van der Waals surface area (Å²) < 4.78 is 14.6. The molecule has 1 heterocycles. The van der Waals surface area contributed by atoms with Gasteiger partial charge in [0.15, 0.2) is 0 Å². The van der Waals surface area contributed by atoms with Crippen molar-refractivity contribution in [2.75, 3.05) is 7.05 Å². The predicted octanol–water partition coefficient (Wildman–Crippen LogP) is 3.22. The molecule has 23 heavy (non-hydrogen) atoms. The molecule has 1 aromatic carbocycles. The molecule has 0 aliphatic carbocycles. The van der Waals surface area contributed by atoms with E-state index in [4.69, 9.17) is 0 Å². The Hall–Kier alpha value is -2.24. The van der Waals surface area contributed by atoms with Crippen LogP contribution in [-0.2, 0) is 0 Å². The van der Waals surface area contributed by atoms with E-state index in [1.54, 1.807) is 35.7 Å². The molecular formula is C17H23FN4O. The van der Waals surface area contributed by atoms with Crippen molar-refractivity contribution in [1.29, 1.82) is 0 Å². The maximum absolute atomic E-state index is 13.0. The second kappa shape index (κ2) is 6.10. The zero-order chi connectivity index (χ0) is 17.4. The predicted molar refractivity (Wildman–Crippen MR) is 87.1 cm³/mol. The quantitative estimate of drug-likeness (QED) is 0.873. The van der Waals surface area contributed by atoms with Gasteiger partial charge in [-0.15, -0.1) is 5.10 Å². The van der Waals surface area contributed by atoms with Crippen LogP contribution >= 0.6 is 0 Å². The highest BCUT2D eigenvalue weighted by atomic mass is 19.1. The second-order valence-corrected chi connectivity index (χ2v) is 6.83. The number of aryl methyl sites for hydroxylation is 1. The van der Waals surface area contributed by atoms with Gasteiger partial charge in [-0.2, -0.15) is 0 Å². The minimum atomic E-state index is -0.318. The highest BCUT2D eigenvalue weighted by Gasteiger charge is 2.29. The molecule has 2 aromatic rings. The Kier molecular flexibility index (Phi) is 4.54. The van der Waals surface area contributed by atoms with E-state index >= 15 is 0 Å². The standard InChI is InChI=1S/C17H23FN4O/c1-11(17(3,4)5)21(6)16(23)15-19-12(2)22(20-15)14-9-7-13(18)8-10-14/h7-11H,1-6H3. The lowest BCUT2D eigenvalue weighted by atomic mass is 9.87. The van der Waals surface area contributed by atoms with Gasteiger partial charge in [0, 0.05) is 13.1 Å². The van der Waals surface area contributed by atoms with Gasteiger partial charge < -0.3 is 4.90 Å². The van der Waals surface area contributed by atoms with Crippen LogP contribution in [0.4, 0.5) is 4.39 Å². The average Bonchev–Trinajstić information content (AvgIpc) is 2.86. The van der Waals surface area contributed by atoms with Crippen molar-refractivity contribution in [3.63, 3.8) is 0 Å². The molecular weight excluding hydrogens is 295 g/mol. The van der Waals surface area contributed by atoms with Crippen LogP contribution in [0.5, 0.6) is 0 Å². The highest BCUT2D eigenvalue weighted by Crippen LogP contribution is 2.24. The number of aromatic nitrogens is 3. The van der Waals surface area contributed by atoms with Gasteiger partial charge in [0.05, 0.1) is 5.69 Å². The first-order valence-electron chi connectivity index (χ1n) is 7.58. The van der Waals surface area contributed by atoms with E-state index in [2.05, 4.69) is 30.9 Å². The molecule has 5 nitrogen and oxygen atoms in total. The van der Waals surface area contributed by atoms with Gasteiger partial charge in [0.25, 0.3) is 5.91 Å². The number of rotatable bonds is 3. The largest absolute Gasteiger partial charge is 0.336 e. The summed E-state index contributed by atoms with van der Waals surface area (Å²) in [5.41, 5.74) is 0.626. The van der Waals surface area contributed by atoms with E-state index in [1.165, 1.54) is 12.1 Å². The van der Waals surface area contributed by atoms with Gasteiger partial charge in [0.2, 0.25) is 5.82 Å². The van der Waals surface area contributed by atoms with Crippen molar-refractivity contribution < 1.29 is 9.18 Å². The third-order valence-electron chi connectivity index (χ3n) is 4.19. The van der Waals surface area contributed by atoms with Gasteiger partial charge in [0.1, 0.15) is 11.6 Å². The molecule has 1 amide bonds. The smallest absolute Gasteiger partial charge is 0.293 e. The number of hydrogen-bond acceptors (Lipinski definition) is 3. The van der Waals surface area contributed by atoms with Crippen molar-refractivity contribution in [3.8, 4) is 5.69 Å². The number of nitrogens with zero attached hydrogens (tertiary/aromatic N) is 4. The molecule has 0 aliphatic rings. The summed E-state index contributed by atoms with van der Waals surface area (Å²) in [4.78, 5) is 18.5. The summed E-state index contributed by atoms with van der Waals surface area (Å²) in [6, 6.07) is 5.95. The van der Waals surface area contributed by atoms with Crippen molar-refractivity contribution in [2.24, 2.45) is 5.41 Å². The van der Waals surface area contributed by atoms with Crippen LogP contribution in [0, 0.1) is 18.2 Å². The molecule has 0 aliphatic heterocycles. The molecule has 0 saturated heterocycles. The fourth-order valence-electron chi connectivity index (χ4n) is 2.22. The van der Waals surface area contributed by atoms with E-state index in [1.807, 2.05) is 6.92 Å². The molecule has 1 atom stereocenters. The van der Waals surface area contributed by atoms with Crippen LogP contribution < -0.4 is 0 Å². The van der Waals surface area contributed by atoms with Crippen LogP contribution in [0.2, 0.25) is 0 Å². The average molecular weight is 318 g/mol. The molecule has 0 radical (unpaired) electrons. The fourth-order valence-corrected chi connectivity index (χ4v) is 2.22. The lowest BCUT2D eigenvalue weighted by Gasteiger charge is -2.34. The Balaban J connectivity index is 2.30. The lowest BCUT2D eigenvalue weighted by molar-refractivity contribution is 0.0617. The number of carbonyl (C=O) groups excluding carboxylic acids is 1. The Morgan fingerprint density at radius 2 is 1.83 bits per heavy atom. The molecule has 1 unspecified atom stereocenters. The Labute approximate surface area is 136 Å². The van der Waals surface area contributed by atoms with Gasteiger partial charge in [-0.3, -0.25) is 4.79 Å². The van der Waals surface area contributed by atoms with Crippen molar-refractivity contribution >= 4 is 5.91 Å². The van der Waals surface area contributed by atoms with Crippen LogP contribution in [0.1, 0.15) is 44.1 Å². The monoisotopic (exact) mass is 318 g/mol. The van der Waals surface area contributed by atoms with Gasteiger partial charge >= 0.3 is 0 Å². The zero-order valence-electron chi connectivity index (χ0n) is 14.5. The van der Waals surface area contributed by atoms with Crippen LogP contribution in [0.15, 0.2) is 24.3 Å². The Bertz CT molecular complexity index is 700. The minimum Gasteiger partial charge on any atom is -0.336 e. The first-order chi connectivity index (χ1) is 10.6. The first kappa shape index (κ1) is 17.1. The summed E-state index contributed by atoms with van der Waals surface area (Å²) in [6.07, 6.45) is 0. The summed E-state index contributed by atoms with van der Waals surface area (Å²) in [7, 11) is 1.76. The number of halogens is 1. The molecule has 0 spiro atoms. The summed E-state index contributed by atoms with van der Waals surface area (Å²) >= 11 is 0. The zero-order valence-corrected chi connectivity index (χ0v) is 14.5.